The molecule has 0 aromatic carbocycles. The lowest BCUT2D eigenvalue weighted by Crippen LogP contribution is -2.61. The molecule has 258 valence electrons. The summed E-state index contributed by atoms with van der Waals surface area (Å²) in [6.07, 6.45) is 0.347. The fraction of sp³-hybridized carbons (Fsp3) is 0.704. The Morgan fingerprint density at radius 3 is 2.24 bits per heavy atom. The summed E-state index contributed by atoms with van der Waals surface area (Å²) in [5.41, 5.74) is 15.9. The van der Waals surface area contributed by atoms with Crippen LogP contribution in [0.1, 0.15) is 46.0 Å². The molecule has 0 radical (unpaired) electrons. The van der Waals surface area contributed by atoms with E-state index in [1.807, 2.05) is 18.7 Å². The molecule has 46 heavy (non-hydrogen) atoms. The van der Waals surface area contributed by atoms with Crippen molar-refractivity contribution in [3.05, 3.63) is 0 Å². The first-order chi connectivity index (χ1) is 21.7. The van der Waals surface area contributed by atoms with Gasteiger partial charge in [0.1, 0.15) is 18.1 Å². The first kappa shape index (κ1) is 38.1. The topological polar surface area (TPSA) is 276 Å². The number of rotatable bonds is 18. The van der Waals surface area contributed by atoms with Gasteiger partial charge in [0.05, 0.1) is 18.9 Å². The fourth-order valence-electron chi connectivity index (χ4n) is 5.24. The summed E-state index contributed by atoms with van der Waals surface area (Å²) in [5.74, 6) is -4.17. The maximum absolute atomic E-state index is 13.6. The van der Waals surface area contributed by atoms with Crippen molar-refractivity contribution >= 4 is 60.1 Å². The van der Waals surface area contributed by atoms with Gasteiger partial charge in [0.2, 0.25) is 23.6 Å². The summed E-state index contributed by atoms with van der Waals surface area (Å²) in [6.45, 7) is 4.99. The number of piperazine rings is 1. The Morgan fingerprint density at radius 1 is 1.04 bits per heavy atom. The van der Waals surface area contributed by atoms with Crippen LogP contribution >= 0.6 is 12.6 Å². The molecule has 2 rings (SSSR count). The zero-order valence-electron chi connectivity index (χ0n) is 26.1. The molecule has 2 heterocycles. The van der Waals surface area contributed by atoms with E-state index in [4.69, 9.17) is 22.3 Å². The van der Waals surface area contributed by atoms with Gasteiger partial charge >= 0.3 is 12.0 Å². The minimum absolute atomic E-state index is 0.0988. The van der Waals surface area contributed by atoms with E-state index in [0.29, 0.717) is 25.9 Å². The Bertz CT molecular complexity index is 1170. The monoisotopic (exact) mass is 670 g/mol. The van der Waals surface area contributed by atoms with Crippen LogP contribution in [0.4, 0.5) is 4.79 Å². The first-order valence-corrected chi connectivity index (χ1v) is 15.7. The standard InChI is InChI=1S/C27H46N10O8S/c1-15(2)12-18(23(42)33-16(4-3-6-32-26(29)30)22(41)31-7-5-21(39)40)35-8-10-36(11-9-35)25(44)19(14-46)37-24(43)17(13-20(28)38)34-27(37)45/h15-19,46H,3-14H2,1-2H3,(H2,28,38)(H,31,41)(H,33,42)(H,34,45)(H,39,40)(H4,29,30,32)/t16-,17-,18?,19?/m1/s1. The van der Waals surface area contributed by atoms with Crippen LogP contribution in [0.25, 0.3) is 0 Å². The van der Waals surface area contributed by atoms with Crippen molar-refractivity contribution in [3.63, 3.8) is 0 Å². The summed E-state index contributed by atoms with van der Waals surface area (Å²) >= 11 is 4.21. The van der Waals surface area contributed by atoms with E-state index in [9.17, 15) is 33.6 Å². The lowest BCUT2D eigenvalue weighted by Gasteiger charge is -2.41. The quantitative estimate of drug-likeness (QED) is 0.0236. The van der Waals surface area contributed by atoms with Crippen LogP contribution in [-0.2, 0) is 28.8 Å². The number of nitrogens with one attached hydrogen (secondary N) is 3. The Labute approximate surface area is 272 Å². The molecule has 18 nitrogen and oxygen atoms in total. The highest BCUT2D eigenvalue weighted by molar-refractivity contribution is 7.80. The van der Waals surface area contributed by atoms with E-state index in [-0.39, 0.29) is 56.7 Å². The molecule has 7 amide bonds. The minimum atomic E-state index is -1.20. The Kier molecular flexibility index (Phi) is 15.0. The summed E-state index contributed by atoms with van der Waals surface area (Å²) in [6, 6.07) is -4.77. The number of hydrogen-bond acceptors (Lipinski definition) is 10. The molecule has 2 aliphatic heterocycles. The van der Waals surface area contributed by atoms with Crippen molar-refractivity contribution in [1.29, 1.82) is 0 Å². The second-order valence-corrected chi connectivity index (χ2v) is 11.9. The van der Waals surface area contributed by atoms with E-state index in [0.717, 1.165) is 4.90 Å². The number of carboxylic acid groups (broad SMARTS) is 1. The van der Waals surface area contributed by atoms with Crippen LogP contribution in [0.5, 0.6) is 0 Å². The zero-order valence-corrected chi connectivity index (χ0v) is 27.0. The third kappa shape index (κ3) is 11.3. The van der Waals surface area contributed by atoms with Gasteiger partial charge in [0.25, 0.3) is 5.91 Å². The van der Waals surface area contributed by atoms with E-state index in [2.05, 4.69) is 33.6 Å². The van der Waals surface area contributed by atoms with Crippen LogP contribution in [0.15, 0.2) is 4.99 Å². The van der Waals surface area contributed by atoms with Crippen LogP contribution < -0.4 is 33.2 Å². The molecule has 2 unspecified atom stereocenters. The molecule has 0 aromatic rings. The summed E-state index contributed by atoms with van der Waals surface area (Å²) in [4.78, 5) is 95.6. The molecule has 2 aliphatic rings. The van der Waals surface area contributed by atoms with Gasteiger partial charge in [-0.2, -0.15) is 12.6 Å². The predicted molar refractivity (Wildman–Crippen MR) is 169 cm³/mol. The van der Waals surface area contributed by atoms with Crippen molar-refractivity contribution in [1.82, 2.24) is 30.7 Å². The molecule has 19 heteroatoms. The van der Waals surface area contributed by atoms with Gasteiger partial charge < -0.3 is 43.2 Å². The van der Waals surface area contributed by atoms with Crippen LogP contribution in [0.3, 0.4) is 0 Å². The summed E-state index contributed by atoms with van der Waals surface area (Å²) in [7, 11) is 0. The zero-order chi connectivity index (χ0) is 34.6. The Morgan fingerprint density at radius 2 is 1.70 bits per heavy atom. The number of aliphatic imine (C=N–C) groups is 1. The number of hydrogen-bond donors (Lipinski definition) is 8. The molecule has 4 atom stereocenters. The van der Waals surface area contributed by atoms with Gasteiger partial charge in [0.15, 0.2) is 5.96 Å². The van der Waals surface area contributed by atoms with E-state index in [1.165, 1.54) is 4.90 Å². The Hall–Kier alpha value is -4.13. The number of nitrogens with zero attached hydrogens (tertiary/aromatic N) is 4. The van der Waals surface area contributed by atoms with Crippen LogP contribution in [-0.4, -0.2) is 136 Å². The molecule has 0 saturated carbocycles. The van der Waals surface area contributed by atoms with Crippen molar-refractivity contribution < 1.29 is 38.7 Å². The maximum atomic E-state index is 13.6. The highest BCUT2D eigenvalue weighted by Gasteiger charge is 2.46. The van der Waals surface area contributed by atoms with Crippen LogP contribution in [0.2, 0.25) is 0 Å². The lowest BCUT2D eigenvalue weighted by atomic mass is 9.99. The third-order valence-electron chi connectivity index (χ3n) is 7.51. The highest BCUT2D eigenvalue weighted by Crippen LogP contribution is 2.20. The summed E-state index contributed by atoms with van der Waals surface area (Å²) in [5, 5.41) is 16.6. The lowest BCUT2D eigenvalue weighted by molar-refractivity contribution is -0.143. The molecule has 2 fully saturated rings. The number of carboxylic acids is 1. The van der Waals surface area contributed by atoms with Gasteiger partial charge in [-0.3, -0.25) is 38.7 Å². The number of aliphatic carboxylic acids is 1. The number of thiol groups is 1. The summed E-state index contributed by atoms with van der Waals surface area (Å²) < 4.78 is 0. The molecule has 2 saturated heterocycles. The molecule has 0 bridgehead atoms. The van der Waals surface area contributed by atoms with E-state index in [1.54, 1.807) is 0 Å². The second-order valence-electron chi connectivity index (χ2n) is 11.5. The second kappa shape index (κ2) is 18.1. The number of imide groups is 1. The molecular weight excluding hydrogens is 624 g/mol. The Balaban J connectivity index is 2.11. The maximum Gasteiger partial charge on any atom is 0.325 e. The SMILES string of the molecule is CC(C)CC(C(=O)N[C@H](CCCN=C(N)N)C(=O)NCCC(=O)O)N1CCN(C(=O)C(CS)N2C(=O)N[C@H](CC(N)=O)C2=O)CC1. The van der Waals surface area contributed by atoms with Gasteiger partial charge in [-0.1, -0.05) is 13.8 Å². The van der Waals surface area contributed by atoms with Gasteiger partial charge in [-0.25, -0.2) is 9.69 Å². The van der Waals surface area contributed by atoms with Crippen molar-refractivity contribution in [2.24, 2.45) is 28.1 Å². The number of primary amides is 1. The molecule has 0 aliphatic carbocycles. The van der Waals surface area contributed by atoms with E-state index < -0.39 is 72.1 Å². The average Bonchev–Trinajstić information content (AvgIpc) is 3.24. The number of nitrogens with two attached hydrogens (primary N) is 3. The fourth-order valence-corrected chi connectivity index (χ4v) is 5.56. The van der Waals surface area contributed by atoms with Crippen molar-refractivity contribution in [2.75, 3.05) is 45.0 Å². The molecule has 10 N–H and O–H groups in total. The van der Waals surface area contributed by atoms with E-state index >= 15 is 0 Å². The van der Waals surface area contributed by atoms with Gasteiger partial charge in [0, 0.05) is 45.0 Å². The minimum Gasteiger partial charge on any atom is -0.481 e. The molecule has 0 spiro atoms. The number of carbonyl (C=O) groups is 7. The molecular formula is C27H46N10O8S. The number of urea groups is 1. The smallest absolute Gasteiger partial charge is 0.325 e. The highest BCUT2D eigenvalue weighted by atomic mass is 32.1. The molecule has 0 aromatic heterocycles. The normalized spacial score (nSPS) is 18.8. The van der Waals surface area contributed by atoms with Crippen molar-refractivity contribution in [3.8, 4) is 0 Å². The van der Waals surface area contributed by atoms with Gasteiger partial charge in [-0.15, -0.1) is 0 Å². The first-order valence-electron chi connectivity index (χ1n) is 15.1. The predicted octanol–water partition coefficient (Wildman–Crippen LogP) is -3.23. The van der Waals surface area contributed by atoms with Crippen LogP contribution in [0, 0.1) is 5.92 Å². The van der Waals surface area contributed by atoms with Crippen molar-refractivity contribution in [2.45, 2.75) is 70.1 Å². The van der Waals surface area contributed by atoms with Gasteiger partial charge in [-0.05, 0) is 25.2 Å². The largest absolute Gasteiger partial charge is 0.481 e. The number of guanidine groups is 1. The number of carbonyl (C=O) groups excluding carboxylic acids is 6. The number of amides is 7. The third-order valence-corrected chi connectivity index (χ3v) is 7.85. The average molecular weight is 671 g/mol.